The molecule has 0 atom stereocenters. The van der Waals surface area contributed by atoms with Gasteiger partial charge in [-0.05, 0) is 18.1 Å². The molecule has 0 radical (unpaired) electrons. The second-order valence-electron chi connectivity index (χ2n) is 3.96. The lowest BCUT2D eigenvalue weighted by Crippen LogP contribution is -2.00. The summed E-state index contributed by atoms with van der Waals surface area (Å²) in [5.41, 5.74) is 0.834. The van der Waals surface area contributed by atoms with Crippen molar-refractivity contribution >= 4 is 35.0 Å². The second-order valence-corrected chi connectivity index (χ2v) is 5.71. The monoisotopic (exact) mass is 278 g/mol. The SMILES string of the molecule is CCc1c(Cl)nc(CSCC(C)C)nc1Cl. The van der Waals surface area contributed by atoms with E-state index >= 15 is 0 Å². The van der Waals surface area contributed by atoms with Crippen LogP contribution in [0.25, 0.3) is 0 Å². The first kappa shape index (κ1) is 14.1. The zero-order valence-corrected chi connectivity index (χ0v) is 12.1. The Morgan fingerprint density at radius 2 is 1.75 bits per heavy atom. The number of nitrogens with zero attached hydrogens (tertiary/aromatic N) is 2. The molecule has 1 aromatic heterocycles. The normalized spacial score (nSPS) is 11.1. The summed E-state index contributed by atoms with van der Waals surface area (Å²) in [5.74, 6) is 3.25. The van der Waals surface area contributed by atoms with E-state index in [0.29, 0.717) is 16.2 Å². The van der Waals surface area contributed by atoms with Crippen LogP contribution in [-0.2, 0) is 12.2 Å². The van der Waals surface area contributed by atoms with Crippen LogP contribution in [0.4, 0.5) is 0 Å². The van der Waals surface area contributed by atoms with E-state index < -0.39 is 0 Å². The van der Waals surface area contributed by atoms with Crippen molar-refractivity contribution in [3.8, 4) is 0 Å². The van der Waals surface area contributed by atoms with Crippen molar-refractivity contribution in [2.24, 2.45) is 5.92 Å². The van der Waals surface area contributed by atoms with Crippen LogP contribution in [0.5, 0.6) is 0 Å². The van der Waals surface area contributed by atoms with Crippen LogP contribution < -0.4 is 0 Å². The number of thioether (sulfide) groups is 1. The first-order chi connectivity index (χ1) is 7.54. The van der Waals surface area contributed by atoms with Gasteiger partial charge in [-0.3, -0.25) is 0 Å². The molecule has 0 aliphatic heterocycles. The lowest BCUT2D eigenvalue weighted by Gasteiger charge is -2.07. The maximum absolute atomic E-state index is 6.03. The van der Waals surface area contributed by atoms with Crippen molar-refractivity contribution in [1.29, 1.82) is 0 Å². The zero-order valence-electron chi connectivity index (χ0n) is 9.76. The van der Waals surface area contributed by atoms with Crippen molar-refractivity contribution in [2.75, 3.05) is 5.75 Å². The minimum Gasteiger partial charge on any atom is -0.220 e. The molecule has 0 aliphatic carbocycles. The van der Waals surface area contributed by atoms with Gasteiger partial charge in [-0.15, -0.1) is 0 Å². The van der Waals surface area contributed by atoms with Crippen LogP contribution in [-0.4, -0.2) is 15.7 Å². The molecule has 0 aliphatic rings. The summed E-state index contributed by atoms with van der Waals surface area (Å²) in [6.07, 6.45) is 0.761. The first-order valence-corrected chi connectivity index (χ1v) is 7.24. The van der Waals surface area contributed by atoms with Crippen molar-refractivity contribution in [3.63, 3.8) is 0 Å². The lowest BCUT2D eigenvalue weighted by molar-refractivity contribution is 0.749. The quantitative estimate of drug-likeness (QED) is 0.754. The minimum absolute atomic E-state index is 0.489. The number of halogens is 2. The highest BCUT2D eigenvalue weighted by molar-refractivity contribution is 7.98. The highest BCUT2D eigenvalue weighted by Crippen LogP contribution is 2.23. The molecule has 0 saturated heterocycles. The molecule has 1 heterocycles. The van der Waals surface area contributed by atoms with Gasteiger partial charge in [0.15, 0.2) is 0 Å². The topological polar surface area (TPSA) is 25.8 Å². The van der Waals surface area contributed by atoms with Crippen LogP contribution in [0.1, 0.15) is 32.2 Å². The minimum atomic E-state index is 0.489. The van der Waals surface area contributed by atoms with E-state index in [1.165, 1.54) is 0 Å². The summed E-state index contributed by atoms with van der Waals surface area (Å²) in [6, 6.07) is 0. The zero-order chi connectivity index (χ0) is 12.1. The average molecular weight is 279 g/mol. The predicted molar refractivity (Wildman–Crippen MR) is 72.4 cm³/mol. The average Bonchev–Trinajstić information content (AvgIpc) is 2.16. The fraction of sp³-hybridized carbons (Fsp3) is 0.636. The molecule has 5 heteroatoms. The van der Waals surface area contributed by atoms with Gasteiger partial charge in [-0.2, -0.15) is 11.8 Å². The van der Waals surface area contributed by atoms with Gasteiger partial charge in [0, 0.05) is 5.56 Å². The molecular formula is C11H16Cl2N2S. The molecule has 0 unspecified atom stereocenters. The molecule has 16 heavy (non-hydrogen) atoms. The Bertz CT molecular complexity index is 333. The van der Waals surface area contributed by atoms with Gasteiger partial charge in [-0.25, -0.2) is 9.97 Å². The summed E-state index contributed by atoms with van der Waals surface area (Å²) in [5, 5.41) is 0.977. The molecule has 0 amide bonds. The first-order valence-electron chi connectivity index (χ1n) is 5.33. The Hall–Kier alpha value is 0.01000. The van der Waals surface area contributed by atoms with Gasteiger partial charge in [0.1, 0.15) is 16.1 Å². The molecular weight excluding hydrogens is 263 g/mol. The van der Waals surface area contributed by atoms with Gasteiger partial charge in [0.25, 0.3) is 0 Å². The van der Waals surface area contributed by atoms with Crippen LogP contribution in [0.2, 0.25) is 10.3 Å². The molecule has 0 N–H and O–H groups in total. The molecule has 0 aromatic carbocycles. The van der Waals surface area contributed by atoms with E-state index in [4.69, 9.17) is 23.2 Å². The van der Waals surface area contributed by atoms with Gasteiger partial charge in [0.05, 0.1) is 5.75 Å². The third kappa shape index (κ3) is 4.11. The molecule has 0 fully saturated rings. The molecule has 0 saturated carbocycles. The fourth-order valence-corrected chi connectivity index (χ4v) is 2.80. The molecule has 0 bridgehead atoms. The highest BCUT2D eigenvalue weighted by atomic mass is 35.5. The van der Waals surface area contributed by atoms with E-state index in [9.17, 15) is 0 Å². The fourth-order valence-electron chi connectivity index (χ4n) is 1.21. The summed E-state index contributed by atoms with van der Waals surface area (Å²) in [4.78, 5) is 8.50. The van der Waals surface area contributed by atoms with E-state index in [1.54, 1.807) is 11.8 Å². The highest BCUT2D eigenvalue weighted by Gasteiger charge is 2.09. The summed E-state index contributed by atoms with van der Waals surface area (Å²) in [6.45, 7) is 6.37. The Morgan fingerprint density at radius 3 is 2.19 bits per heavy atom. The van der Waals surface area contributed by atoms with Crippen LogP contribution >= 0.6 is 35.0 Å². The van der Waals surface area contributed by atoms with Gasteiger partial charge in [-0.1, -0.05) is 44.0 Å². The number of rotatable bonds is 5. The van der Waals surface area contributed by atoms with E-state index in [1.807, 2.05) is 6.92 Å². The summed E-state index contributed by atoms with van der Waals surface area (Å²) < 4.78 is 0. The smallest absolute Gasteiger partial charge is 0.141 e. The van der Waals surface area contributed by atoms with E-state index in [-0.39, 0.29) is 0 Å². The Morgan fingerprint density at radius 1 is 1.19 bits per heavy atom. The molecule has 0 spiro atoms. The largest absolute Gasteiger partial charge is 0.220 e. The molecule has 90 valence electrons. The third-order valence-corrected chi connectivity index (χ3v) is 3.98. The second kappa shape index (κ2) is 6.67. The summed E-state index contributed by atoms with van der Waals surface area (Å²) >= 11 is 13.9. The van der Waals surface area contributed by atoms with Gasteiger partial charge < -0.3 is 0 Å². The number of hydrogen-bond donors (Lipinski definition) is 0. The van der Waals surface area contributed by atoms with E-state index in [2.05, 4.69) is 23.8 Å². The maximum atomic E-state index is 6.03. The lowest BCUT2D eigenvalue weighted by atomic mass is 10.3. The van der Waals surface area contributed by atoms with E-state index in [0.717, 1.165) is 29.3 Å². The van der Waals surface area contributed by atoms with Crippen molar-refractivity contribution in [1.82, 2.24) is 9.97 Å². The van der Waals surface area contributed by atoms with Gasteiger partial charge >= 0.3 is 0 Å². The predicted octanol–water partition coefficient (Wildman–Crippen LogP) is 4.24. The van der Waals surface area contributed by atoms with Crippen LogP contribution in [0.15, 0.2) is 0 Å². The Balaban J connectivity index is 2.68. The number of aromatic nitrogens is 2. The Labute approximate surface area is 111 Å². The molecule has 1 rings (SSSR count). The van der Waals surface area contributed by atoms with Crippen LogP contribution in [0.3, 0.4) is 0 Å². The summed E-state index contributed by atoms with van der Waals surface area (Å²) in [7, 11) is 0. The van der Waals surface area contributed by atoms with Crippen molar-refractivity contribution in [3.05, 3.63) is 21.7 Å². The van der Waals surface area contributed by atoms with Gasteiger partial charge in [0.2, 0.25) is 0 Å². The standard InChI is InChI=1S/C11H16Cl2N2S/c1-4-8-10(12)14-9(15-11(8)13)6-16-5-7(2)3/h7H,4-6H2,1-3H3. The number of hydrogen-bond acceptors (Lipinski definition) is 3. The maximum Gasteiger partial charge on any atom is 0.141 e. The molecule has 2 nitrogen and oxygen atoms in total. The van der Waals surface area contributed by atoms with Crippen LogP contribution in [0, 0.1) is 5.92 Å². The third-order valence-electron chi connectivity index (χ3n) is 1.99. The molecule has 1 aromatic rings. The van der Waals surface area contributed by atoms with Crippen molar-refractivity contribution < 1.29 is 0 Å². The van der Waals surface area contributed by atoms with Crippen molar-refractivity contribution in [2.45, 2.75) is 32.9 Å². The Kier molecular flexibility index (Phi) is 5.87.